The molecular formula is C27H49BN2O3. The van der Waals surface area contributed by atoms with E-state index in [9.17, 15) is 4.79 Å². The van der Waals surface area contributed by atoms with Gasteiger partial charge in [-0.05, 0) is 63.7 Å². The van der Waals surface area contributed by atoms with Crippen LogP contribution in [0.2, 0.25) is 0 Å². The van der Waals surface area contributed by atoms with Gasteiger partial charge in [0.25, 0.3) is 0 Å². The molecule has 2 N–H and O–H groups in total. The van der Waals surface area contributed by atoms with Crippen molar-refractivity contribution >= 4 is 13.5 Å². The molecule has 33 heavy (non-hydrogen) atoms. The number of carbonyl (C=O) groups excluding carboxylic acids is 1. The summed E-state index contributed by atoms with van der Waals surface area (Å²) in [4.78, 5) is 13.6. The molecule has 4 aliphatic rings. The summed E-state index contributed by atoms with van der Waals surface area (Å²) in [7, 11) is 0.340. The van der Waals surface area contributed by atoms with Gasteiger partial charge in [0.2, 0.25) is 0 Å². The Labute approximate surface area is 203 Å². The van der Waals surface area contributed by atoms with Crippen molar-refractivity contribution in [1.29, 1.82) is 0 Å². The Morgan fingerprint density at radius 2 is 1.55 bits per heavy atom. The Morgan fingerprint density at radius 1 is 0.909 bits per heavy atom. The standard InChI is InChI=1S/C27H49BN2O3/c1-26-21-14-8-6-7-9-15-22(20-21)27(26,2)30-24(25(26)31)18-12-13-19-29-33-28-32-23-16-10-4-3-5-11-17-23/h21-24,28-30H,3-20H2,1-2H3. The first kappa shape index (κ1) is 25.7. The van der Waals surface area contributed by atoms with Crippen LogP contribution in [-0.2, 0) is 14.2 Å². The van der Waals surface area contributed by atoms with Crippen LogP contribution in [-0.4, -0.2) is 37.7 Å². The van der Waals surface area contributed by atoms with Gasteiger partial charge < -0.3 is 14.7 Å². The van der Waals surface area contributed by atoms with Crippen LogP contribution in [0, 0.1) is 17.3 Å². The Hall–Kier alpha value is -0.425. The Morgan fingerprint density at radius 3 is 2.27 bits per heavy atom. The first-order valence-corrected chi connectivity index (χ1v) is 14.3. The number of hydroxylamine groups is 1. The van der Waals surface area contributed by atoms with E-state index >= 15 is 0 Å². The first-order valence-electron chi connectivity index (χ1n) is 14.3. The number of ketones is 1. The summed E-state index contributed by atoms with van der Waals surface area (Å²) in [5.74, 6) is 1.74. The molecular weight excluding hydrogens is 411 g/mol. The molecule has 188 valence electrons. The quantitative estimate of drug-likeness (QED) is 0.275. The zero-order valence-electron chi connectivity index (χ0n) is 21.5. The molecule has 1 saturated heterocycles. The van der Waals surface area contributed by atoms with Crippen LogP contribution in [0.3, 0.4) is 0 Å². The highest BCUT2D eigenvalue weighted by Crippen LogP contribution is 2.61. The van der Waals surface area contributed by atoms with Crippen molar-refractivity contribution in [3.8, 4) is 0 Å². The van der Waals surface area contributed by atoms with Crippen molar-refractivity contribution in [3.63, 3.8) is 0 Å². The molecule has 0 radical (unpaired) electrons. The number of fused-ring (bicyclic) bond motifs is 5. The van der Waals surface area contributed by atoms with Gasteiger partial charge >= 0.3 is 7.69 Å². The Balaban J connectivity index is 1.15. The molecule has 4 fully saturated rings. The lowest BCUT2D eigenvalue weighted by atomic mass is 9.65. The summed E-state index contributed by atoms with van der Waals surface area (Å²) in [5, 5.41) is 3.90. The molecule has 0 aromatic carbocycles. The molecule has 1 aliphatic heterocycles. The van der Waals surface area contributed by atoms with Crippen molar-refractivity contribution in [2.75, 3.05) is 6.54 Å². The predicted molar refractivity (Wildman–Crippen MR) is 135 cm³/mol. The maximum absolute atomic E-state index is 13.6. The first-order chi connectivity index (χ1) is 16.1. The number of carbonyl (C=O) groups is 1. The van der Waals surface area contributed by atoms with Crippen LogP contribution in [0.1, 0.15) is 123 Å². The molecule has 2 bridgehead atoms. The molecule has 4 rings (SSSR count). The topological polar surface area (TPSA) is 59.6 Å². The van der Waals surface area contributed by atoms with E-state index in [1.54, 1.807) is 0 Å². The third-order valence-electron chi connectivity index (χ3n) is 9.98. The minimum Gasteiger partial charge on any atom is -0.410 e. The van der Waals surface area contributed by atoms with Gasteiger partial charge in [0, 0.05) is 23.6 Å². The monoisotopic (exact) mass is 460 g/mol. The maximum Gasteiger partial charge on any atom is 0.456 e. The van der Waals surface area contributed by atoms with Crippen LogP contribution in [0.4, 0.5) is 0 Å². The number of hydrogen-bond donors (Lipinski definition) is 2. The second kappa shape index (κ2) is 12.0. The minimum absolute atomic E-state index is 0.00747. The van der Waals surface area contributed by atoms with Crippen molar-refractivity contribution in [2.45, 2.75) is 141 Å². The lowest BCUT2D eigenvalue weighted by Gasteiger charge is -2.40. The molecule has 3 saturated carbocycles. The molecule has 0 amide bonds. The second-order valence-electron chi connectivity index (χ2n) is 11.9. The van der Waals surface area contributed by atoms with Gasteiger partial charge in [-0.1, -0.05) is 71.1 Å². The number of hydrogen-bond acceptors (Lipinski definition) is 5. The third kappa shape index (κ3) is 5.71. The summed E-state index contributed by atoms with van der Waals surface area (Å²) in [6.45, 7) is 5.50. The van der Waals surface area contributed by atoms with E-state index in [1.807, 2.05) is 0 Å². The molecule has 0 aromatic heterocycles. The van der Waals surface area contributed by atoms with Crippen LogP contribution in [0.5, 0.6) is 0 Å². The van der Waals surface area contributed by atoms with Gasteiger partial charge in [-0.25, -0.2) is 5.48 Å². The highest BCUT2D eigenvalue weighted by molar-refractivity contribution is 6.17. The van der Waals surface area contributed by atoms with E-state index < -0.39 is 0 Å². The van der Waals surface area contributed by atoms with E-state index in [1.165, 1.54) is 89.9 Å². The summed E-state index contributed by atoms with van der Waals surface area (Å²) >= 11 is 0. The Bertz CT molecular complexity index is 626. The number of unbranched alkanes of at least 4 members (excludes halogenated alkanes) is 1. The van der Waals surface area contributed by atoms with Crippen LogP contribution >= 0.6 is 0 Å². The minimum atomic E-state index is -0.171. The molecule has 5 nitrogen and oxygen atoms in total. The lowest BCUT2D eigenvalue weighted by molar-refractivity contribution is -0.129. The highest BCUT2D eigenvalue weighted by atomic mass is 16.7. The average molecular weight is 461 g/mol. The summed E-state index contributed by atoms with van der Waals surface area (Å²) in [5.41, 5.74) is 2.89. The predicted octanol–water partition coefficient (Wildman–Crippen LogP) is 5.37. The molecule has 1 heterocycles. The van der Waals surface area contributed by atoms with E-state index in [0.717, 1.165) is 25.8 Å². The van der Waals surface area contributed by atoms with Gasteiger partial charge in [-0.15, -0.1) is 0 Å². The fraction of sp³-hybridized carbons (Fsp3) is 0.963. The van der Waals surface area contributed by atoms with Crippen molar-refractivity contribution in [2.24, 2.45) is 17.3 Å². The van der Waals surface area contributed by atoms with Gasteiger partial charge in [0.1, 0.15) is 0 Å². The van der Waals surface area contributed by atoms with Crippen molar-refractivity contribution < 1.29 is 14.2 Å². The lowest BCUT2D eigenvalue weighted by Crippen LogP contribution is -2.52. The van der Waals surface area contributed by atoms with Crippen LogP contribution in [0.25, 0.3) is 0 Å². The fourth-order valence-electron chi connectivity index (χ4n) is 7.70. The summed E-state index contributed by atoms with van der Waals surface area (Å²) in [6, 6.07) is 0.0367. The van der Waals surface area contributed by atoms with Gasteiger partial charge in [-0.3, -0.25) is 4.79 Å². The molecule has 0 spiro atoms. The van der Waals surface area contributed by atoms with Crippen molar-refractivity contribution in [3.05, 3.63) is 0 Å². The fourth-order valence-corrected chi connectivity index (χ4v) is 7.70. The molecule has 6 heteroatoms. The zero-order valence-corrected chi connectivity index (χ0v) is 21.5. The molecule has 5 unspecified atom stereocenters. The van der Waals surface area contributed by atoms with Gasteiger partial charge in [-0.2, -0.15) is 0 Å². The largest absolute Gasteiger partial charge is 0.456 e. The average Bonchev–Trinajstić information content (AvgIpc) is 3.18. The summed E-state index contributed by atoms with van der Waals surface area (Å²) < 4.78 is 11.4. The summed E-state index contributed by atoms with van der Waals surface area (Å²) in [6.07, 6.45) is 21.5. The number of nitrogens with one attached hydrogen (secondary N) is 2. The maximum atomic E-state index is 13.6. The van der Waals surface area contributed by atoms with Crippen molar-refractivity contribution in [1.82, 2.24) is 10.8 Å². The zero-order chi connectivity index (χ0) is 23.2. The van der Waals surface area contributed by atoms with E-state index in [4.69, 9.17) is 9.41 Å². The normalized spacial score (nSPS) is 38.1. The number of Topliss-reactive ketones (excluding diaryl/α,β-unsaturated/α-hetero) is 1. The van der Waals surface area contributed by atoms with E-state index in [0.29, 0.717) is 31.4 Å². The van der Waals surface area contributed by atoms with E-state index in [2.05, 4.69) is 24.6 Å². The number of rotatable bonds is 9. The second-order valence-corrected chi connectivity index (χ2v) is 11.9. The SMILES string of the molecule is CC12NC(CCCCNOBOC3CCCCCCC3)C(=O)C1(C)C1CCCCCCC2C1. The van der Waals surface area contributed by atoms with Crippen LogP contribution in [0.15, 0.2) is 0 Å². The third-order valence-corrected chi connectivity index (χ3v) is 9.98. The molecule has 5 atom stereocenters. The molecule has 0 aromatic rings. The Kier molecular flexibility index (Phi) is 9.34. The van der Waals surface area contributed by atoms with Gasteiger partial charge in [0.15, 0.2) is 5.78 Å². The van der Waals surface area contributed by atoms with Gasteiger partial charge in [0.05, 0.1) is 6.04 Å². The smallest absolute Gasteiger partial charge is 0.410 e. The van der Waals surface area contributed by atoms with Crippen LogP contribution < -0.4 is 10.8 Å². The highest BCUT2D eigenvalue weighted by Gasteiger charge is 2.68. The van der Waals surface area contributed by atoms with E-state index in [-0.39, 0.29) is 17.0 Å². The molecule has 3 aliphatic carbocycles.